The highest BCUT2D eigenvalue weighted by Gasteiger charge is 2.16. The molecule has 0 unspecified atom stereocenters. The second-order valence-corrected chi connectivity index (χ2v) is 2.60. The SMILES string of the molecule is C=Cc1c(OC)cc(O)c(O)c1OC. The predicted octanol–water partition coefficient (Wildman–Crippen LogP) is 1.76. The van der Waals surface area contributed by atoms with Crippen molar-refractivity contribution in [1.29, 1.82) is 0 Å². The molecule has 4 nitrogen and oxygen atoms in total. The predicted molar refractivity (Wildman–Crippen MR) is 53.0 cm³/mol. The first kappa shape index (κ1) is 10.2. The third-order valence-electron chi connectivity index (χ3n) is 1.86. The van der Waals surface area contributed by atoms with Crippen molar-refractivity contribution in [2.24, 2.45) is 0 Å². The zero-order valence-electron chi connectivity index (χ0n) is 8.07. The van der Waals surface area contributed by atoms with Gasteiger partial charge in [-0.3, -0.25) is 0 Å². The maximum atomic E-state index is 9.45. The van der Waals surface area contributed by atoms with Crippen molar-refractivity contribution >= 4 is 6.08 Å². The van der Waals surface area contributed by atoms with Crippen LogP contribution in [0.2, 0.25) is 0 Å². The number of ether oxygens (including phenoxy) is 2. The van der Waals surface area contributed by atoms with Gasteiger partial charge in [0.25, 0.3) is 0 Å². The molecule has 0 heterocycles. The Bertz CT molecular complexity index is 358. The summed E-state index contributed by atoms with van der Waals surface area (Å²) >= 11 is 0. The smallest absolute Gasteiger partial charge is 0.201 e. The number of rotatable bonds is 3. The molecule has 14 heavy (non-hydrogen) atoms. The lowest BCUT2D eigenvalue weighted by Crippen LogP contribution is -1.93. The summed E-state index contributed by atoms with van der Waals surface area (Å²) in [7, 11) is 2.85. The van der Waals surface area contributed by atoms with E-state index in [9.17, 15) is 10.2 Å². The molecular weight excluding hydrogens is 184 g/mol. The van der Waals surface area contributed by atoms with Crippen molar-refractivity contribution in [2.45, 2.75) is 0 Å². The van der Waals surface area contributed by atoms with E-state index in [0.717, 1.165) is 0 Å². The Hall–Kier alpha value is -1.84. The lowest BCUT2D eigenvalue weighted by molar-refractivity contribution is 0.341. The van der Waals surface area contributed by atoms with E-state index in [1.807, 2.05) is 0 Å². The number of hydrogen-bond donors (Lipinski definition) is 2. The topological polar surface area (TPSA) is 58.9 Å². The lowest BCUT2D eigenvalue weighted by atomic mass is 10.1. The molecule has 76 valence electrons. The molecule has 2 N–H and O–H groups in total. The minimum atomic E-state index is -0.316. The summed E-state index contributed by atoms with van der Waals surface area (Å²) in [5.74, 6) is -0.0588. The van der Waals surface area contributed by atoms with Crippen LogP contribution in [0.25, 0.3) is 6.08 Å². The van der Waals surface area contributed by atoms with Crippen LogP contribution in [-0.2, 0) is 0 Å². The van der Waals surface area contributed by atoms with Gasteiger partial charge in [0.1, 0.15) is 5.75 Å². The van der Waals surface area contributed by atoms with Crippen LogP contribution in [-0.4, -0.2) is 24.4 Å². The third-order valence-corrected chi connectivity index (χ3v) is 1.86. The second-order valence-electron chi connectivity index (χ2n) is 2.60. The van der Waals surface area contributed by atoms with Crippen molar-refractivity contribution in [1.82, 2.24) is 0 Å². The van der Waals surface area contributed by atoms with E-state index in [2.05, 4.69) is 6.58 Å². The van der Waals surface area contributed by atoms with Crippen molar-refractivity contribution in [2.75, 3.05) is 14.2 Å². The molecule has 0 fully saturated rings. The van der Waals surface area contributed by atoms with E-state index in [1.54, 1.807) is 0 Å². The normalized spacial score (nSPS) is 9.57. The van der Waals surface area contributed by atoms with Crippen LogP contribution < -0.4 is 9.47 Å². The van der Waals surface area contributed by atoms with Crippen molar-refractivity contribution in [3.8, 4) is 23.0 Å². The van der Waals surface area contributed by atoms with Gasteiger partial charge in [-0.1, -0.05) is 12.7 Å². The summed E-state index contributed by atoms with van der Waals surface area (Å²) in [5.41, 5.74) is 0.505. The summed E-state index contributed by atoms with van der Waals surface area (Å²) in [6.07, 6.45) is 1.48. The minimum Gasteiger partial charge on any atom is -0.504 e. The molecule has 4 heteroatoms. The standard InChI is InChI=1S/C10H12O4/c1-4-6-8(13-2)5-7(11)9(12)10(6)14-3/h4-5,11-12H,1H2,2-3H3. The van der Waals surface area contributed by atoms with Gasteiger partial charge >= 0.3 is 0 Å². The Morgan fingerprint density at radius 1 is 1.29 bits per heavy atom. The Labute approximate surface area is 82.0 Å². The molecule has 0 saturated carbocycles. The van der Waals surface area contributed by atoms with Gasteiger partial charge in [0.05, 0.1) is 19.8 Å². The highest BCUT2D eigenvalue weighted by Crippen LogP contribution is 2.43. The first-order chi connectivity index (χ1) is 6.65. The number of aromatic hydroxyl groups is 2. The van der Waals surface area contributed by atoms with Crippen LogP contribution in [0.3, 0.4) is 0 Å². The van der Waals surface area contributed by atoms with Gasteiger partial charge in [0, 0.05) is 6.07 Å². The van der Waals surface area contributed by atoms with E-state index >= 15 is 0 Å². The second kappa shape index (κ2) is 3.91. The van der Waals surface area contributed by atoms with Gasteiger partial charge in [-0.05, 0) is 0 Å². The number of phenols is 2. The molecule has 0 atom stereocenters. The average molecular weight is 196 g/mol. The number of methoxy groups -OCH3 is 2. The first-order valence-electron chi connectivity index (χ1n) is 3.95. The van der Waals surface area contributed by atoms with Gasteiger partial charge in [-0.15, -0.1) is 0 Å². The third kappa shape index (κ3) is 1.46. The van der Waals surface area contributed by atoms with Crippen LogP contribution in [0.4, 0.5) is 0 Å². The number of benzene rings is 1. The molecular formula is C10H12O4. The fraction of sp³-hybridized carbons (Fsp3) is 0.200. The highest BCUT2D eigenvalue weighted by atomic mass is 16.5. The Balaban J connectivity index is 3.49. The van der Waals surface area contributed by atoms with E-state index in [0.29, 0.717) is 11.3 Å². The summed E-state index contributed by atoms with van der Waals surface area (Å²) in [6, 6.07) is 1.30. The zero-order chi connectivity index (χ0) is 10.7. The first-order valence-corrected chi connectivity index (χ1v) is 3.95. The van der Waals surface area contributed by atoms with Gasteiger partial charge in [0.15, 0.2) is 11.5 Å². The number of hydrogen-bond acceptors (Lipinski definition) is 4. The molecule has 0 aliphatic rings. The van der Waals surface area contributed by atoms with Crippen LogP contribution in [0.1, 0.15) is 5.56 Å². The van der Waals surface area contributed by atoms with E-state index in [-0.39, 0.29) is 17.2 Å². The Kier molecular flexibility index (Phi) is 2.86. The fourth-order valence-electron chi connectivity index (χ4n) is 1.19. The van der Waals surface area contributed by atoms with Crippen LogP contribution in [0.15, 0.2) is 12.6 Å². The molecule has 1 aromatic rings. The average Bonchev–Trinajstić information content (AvgIpc) is 2.20. The summed E-state index contributed by atoms with van der Waals surface area (Å²) in [5, 5.41) is 18.8. The van der Waals surface area contributed by atoms with E-state index in [4.69, 9.17) is 9.47 Å². The molecule has 0 aromatic heterocycles. The fourth-order valence-corrected chi connectivity index (χ4v) is 1.19. The molecule has 0 spiro atoms. The molecule has 0 aliphatic carbocycles. The van der Waals surface area contributed by atoms with E-state index in [1.165, 1.54) is 26.4 Å². The van der Waals surface area contributed by atoms with Crippen molar-refractivity contribution < 1.29 is 19.7 Å². The lowest BCUT2D eigenvalue weighted by Gasteiger charge is -2.12. The summed E-state index contributed by atoms with van der Waals surface area (Å²) in [4.78, 5) is 0. The molecule has 0 bridgehead atoms. The maximum absolute atomic E-state index is 9.45. The molecule has 0 amide bonds. The van der Waals surface area contributed by atoms with Crippen molar-refractivity contribution in [3.05, 3.63) is 18.2 Å². The molecule has 0 radical (unpaired) electrons. The van der Waals surface area contributed by atoms with Gasteiger partial charge in [-0.25, -0.2) is 0 Å². The van der Waals surface area contributed by atoms with Gasteiger partial charge < -0.3 is 19.7 Å². The number of phenolic OH excluding ortho intramolecular Hbond substituents is 2. The maximum Gasteiger partial charge on any atom is 0.201 e. The van der Waals surface area contributed by atoms with Crippen LogP contribution in [0.5, 0.6) is 23.0 Å². The summed E-state index contributed by atoms with van der Waals surface area (Å²) < 4.78 is 9.92. The molecule has 0 saturated heterocycles. The summed E-state index contributed by atoms with van der Waals surface area (Å²) in [6.45, 7) is 3.57. The molecule has 1 aromatic carbocycles. The highest BCUT2D eigenvalue weighted by molar-refractivity contribution is 5.70. The Morgan fingerprint density at radius 3 is 2.36 bits per heavy atom. The monoisotopic (exact) mass is 196 g/mol. The zero-order valence-corrected chi connectivity index (χ0v) is 8.07. The Morgan fingerprint density at radius 2 is 1.93 bits per heavy atom. The molecule has 1 rings (SSSR count). The minimum absolute atomic E-state index is 0.150. The van der Waals surface area contributed by atoms with E-state index < -0.39 is 0 Å². The van der Waals surface area contributed by atoms with Crippen LogP contribution in [0, 0.1) is 0 Å². The largest absolute Gasteiger partial charge is 0.504 e. The van der Waals surface area contributed by atoms with Gasteiger partial charge in [-0.2, -0.15) is 0 Å². The molecule has 0 aliphatic heterocycles. The van der Waals surface area contributed by atoms with Crippen molar-refractivity contribution in [3.63, 3.8) is 0 Å². The van der Waals surface area contributed by atoms with Crippen LogP contribution >= 0.6 is 0 Å². The van der Waals surface area contributed by atoms with Gasteiger partial charge in [0.2, 0.25) is 5.75 Å². The quantitative estimate of drug-likeness (QED) is 0.723.